The van der Waals surface area contributed by atoms with Crippen molar-refractivity contribution in [3.05, 3.63) is 0 Å². The number of carbonyl (C=O) groups excluding carboxylic acids is 1. The summed E-state index contributed by atoms with van der Waals surface area (Å²) in [5, 5.41) is 6.71. The minimum atomic E-state index is -0.457. The molecule has 154 valence electrons. The van der Waals surface area contributed by atoms with Crippen LogP contribution < -0.4 is 10.6 Å². The second-order valence-electron chi connectivity index (χ2n) is 7.40. The molecule has 1 rings (SSSR count). The maximum absolute atomic E-state index is 12.4. The number of nitrogens with zero attached hydrogens (tertiary/aromatic N) is 2. The normalized spacial score (nSPS) is 18.1. The fraction of sp³-hybridized carbons (Fsp3) is 0.889. The van der Waals surface area contributed by atoms with Gasteiger partial charge in [-0.25, -0.2) is 4.79 Å². The molecule has 0 bridgehead atoms. The largest absolute Gasteiger partial charge is 0.444 e. The topological polar surface area (TPSA) is 66.0 Å². The Balaban J connectivity index is 0.00000625. The van der Waals surface area contributed by atoms with Gasteiger partial charge >= 0.3 is 6.09 Å². The van der Waals surface area contributed by atoms with Crippen molar-refractivity contribution in [2.45, 2.75) is 64.5 Å². The van der Waals surface area contributed by atoms with Crippen LogP contribution in [0.2, 0.25) is 0 Å². The Labute approximate surface area is 180 Å². The molecule has 0 aliphatic carbocycles. The van der Waals surface area contributed by atoms with Gasteiger partial charge in [-0.2, -0.15) is 11.8 Å². The summed E-state index contributed by atoms with van der Waals surface area (Å²) in [6, 6.07) is 0.152. The van der Waals surface area contributed by atoms with E-state index in [1.165, 1.54) is 12.2 Å². The first-order chi connectivity index (χ1) is 11.9. The number of guanidine groups is 1. The van der Waals surface area contributed by atoms with E-state index in [1.54, 1.807) is 7.05 Å². The lowest BCUT2D eigenvalue weighted by Gasteiger charge is -2.37. The number of aliphatic imine (C=N–C) groups is 1. The molecule has 1 heterocycles. The van der Waals surface area contributed by atoms with Crippen LogP contribution in [0.25, 0.3) is 0 Å². The van der Waals surface area contributed by atoms with Crippen LogP contribution in [-0.2, 0) is 4.74 Å². The number of ether oxygens (including phenoxy) is 1. The number of carbonyl (C=O) groups is 1. The van der Waals surface area contributed by atoms with E-state index < -0.39 is 5.60 Å². The van der Waals surface area contributed by atoms with E-state index in [9.17, 15) is 4.79 Å². The number of hydrogen-bond donors (Lipinski definition) is 2. The second kappa shape index (κ2) is 13.7. The van der Waals surface area contributed by atoms with Crippen molar-refractivity contribution in [3.8, 4) is 0 Å². The zero-order chi connectivity index (χ0) is 18.7. The van der Waals surface area contributed by atoms with Gasteiger partial charge in [0.15, 0.2) is 5.96 Å². The van der Waals surface area contributed by atoms with Crippen molar-refractivity contribution in [2.24, 2.45) is 4.99 Å². The van der Waals surface area contributed by atoms with Crippen LogP contribution in [0.1, 0.15) is 52.9 Å². The molecule has 1 atom stereocenters. The van der Waals surface area contributed by atoms with E-state index in [0.29, 0.717) is 6.54 Å². The lowest BCUT2D eigenvalue weighted by molar-refractivity contribution is 0.0104. The van der Waals surface area contributed by atoms with E-state index in [-0.39, 0.29) is 36.1 Å². The molecule has 0 spiro atoms. The Kier molecular flexibility index (Phi) is 13.5. The first-order valence-electron chi connectivity index (χ1n) is 9.30. The summed E-state index contributed by atoms with van der Waals surface area (Å²) in [5.74, 6) is 2.00. The molecular weight excluding hydrogens is 463 g/mol. The smallest absolute Gasteiger partial charge is 0.410 e. The van der Waals surface area contributed by atoms with Gasteiger partial charge in [-0.15, -0.1) is 24.0 Å². The van der Waals surface area contributed by atoms with Crippen LogP contribution in [0.4, 0.5) is 4.79 Å². The first-order valence-corrected chi connectivity index (χ1v) is 10.7. The number of amides is 1. The predicted octanol–water partition coefficient (Wildman–Crippen LogP) is 3.70. The number of rotatable bonds is 7. The molecule has 1 aliphatic heterocycles. The Morgan fingerprint density at radius 3 is 2.62 bits per heavy atom. The maximum Gasteiger partial charge on any atom is 0.410 e. The standard InChI is InChI=1S/C18H36N4O2S.HI/c1-18(2,3)24-17(23)22-12-8-6-10-15(22)14-21-16(19-4)20-11-7-9-13-25-5;/h15H,6-14H2,1-5H3,(H2,19,20,21);1H. The summed E-state index contributed by atoms with van der Waals surface area (Å²) in [6.07, 6.45) is 7.45. The van der Waals surface area contributed by atoms with E-state index in [2.05, 4.69) is 21.9 Å². The highest BCUT2D eigenvalue weighted by Gasteiger charge is 2.30. The molecule has 1 amide bonds. The molecule has 6 nitrogen and oxygen atoms in total. The van der Waals surface area contributed by atoms with Crippen LogP contribution >= 0.6 is 35.7 Å². The van der Waals surface area contributed by atoms with Gasteiger partial charge in [0, 0.05) is 26.7 Å². The third-order valence-electron chi connectivity index (χ3n) is 4.05. The summed E-state index contributed by atoms with van der Waals surface area (Å²) in [4.78, 5) is 18.6. The fourth-order valence-electron chi connectivity index (χ4n) is 2.79. The van der Waals surface area contributed by atoms with Gasteiger partial charge in [0.2, 0.25) is 0 Å². The lowest BCUT2D eigenvalue weighted by Crippen LogP contribution is -2.52. The van der Waals surface area contributed by atoms with Crippen molar-refractivity contribution >= 4 is 47.8 Å². The number of nitrogens with one attached hydrogen (secondary N) is 2. The van der Waals surface area contributed by atoms with Gasteiger partial charge in [0.25, 0.3) is 0 Å². The predicted molar refractivity (Wildman–Crippen MR) is 123 cm³/mol. The van der Waals surface area contributed by atoms with Gasteiger partial charge in [-0.3, -0.25) is 4.99 Å². The molecule has 1 saturated heterocycles. The number of unbranched alkanes of at least 4 members (excludes halogenated alkanes) is 1. The van der Waals surface area contributed by atoms with Gasteiger partial charge in [-0.1, -0.05) is 0 Å². The van der Waals surface area contributed by atoms with Crippen LogP contribution in [0.15, 0.2) is 4.99 Å². The number of likely N-dealkylation sites (tertiary alicyclic amines) is 1. The number of halogens is 1. The van der Waals surface area contributed by atoms with Gasteiger partial charge < -0.3 is 20.3 Å². The number of thioether (sulfide) groups is 1. The highest BCUT2D eigenvalue weighted by molar-refractivity contribution is 14.0. The average molecular weight is 500 g/mol. The highest BCUT2D eigenvalue weighted by atomic mass is 127. The molecule has 1 aliphatic rings. The second-order valence-corrected chi connectivity index (χ2v) is 8.39. The van der Waals surface area contributed by atoms with Gasteiger partial charge in [0.05, 0.1) is 6.04 Å². The molecule has 0 aromatic rings. The molecule has 1 fully saturated rings. The van der Waals surface area contributed by atoms with Crippen molar-refractivity contribution in [1.29, 1.82) is 0 Å². The molecule has 26 heavy (non-hydrogen) atoms. The summed E-state index contributed by atoms with van der Waals surface area (Å²) < 4.78 is 5.55. The molecule has 0 radical (unpaired) electrons. The van der Waals surface area contributed by atoms with Crippen molar-refractivity contribution in [3.63, 3.8) is 0 Å². The monoisotopic (exact) mass is 500 g/mol. The fourth-order valence-corrected chi connectivity index (χ4v) is 3.28. The van der Waals surface area contributed by atoms with Crippen LogP contribution in [-0.4, -0.2) is 67.3 Å². The summed E-state index contributed by atoms with van der Waals surface area (Å²) in [5.41, 5.74) is -0.457. The van der Waals surface area contributed by atoms with Crippen LogP contribution in [0, 0.1) is 0 Å². The zero-order valence-corrected chi connectivity index (χ0v) is 20.1. The van der Waals surface area contributed by atoms with Gasteiger partial charge in [-0.05, 0) is 64.9 Å². The van der Waals surface area contributed by atoms with E-state index in [0.717, 1.165) is 44.7 Å². The number of hydrogen-bond acceptors (Lipinski definition) is 4. The van der Waals surface area contributed by atoms with Crippen molar-refractivity contribution in [1.82, 2.24) is 15.5 Å². The van der Waals surface area contributed by atoms with E-state index in [1.807, 2.05) is 37.4 Å². The quantitative estimate of drug-likeness (QED) is 0.242. The first kappa shape index (κ1) is 25.6. The number of piperidine rings is 1. The van der Waals surface area contributed by atoms with E-state index >= 15 is 0 Å². The lowest BCUT2D eigenvalue weighted by atomic mass is 10.0. The molecule has 8 heteroatoms. The SMILES string of the molecule is CN=C(NCCCCSC)NCC1CCCCN1C(=O)OC(C)(C)C.I. The third kappa shape index (κ3) is 10.7. The molecular formula is C18H37IN4O2S. The minimum Gasteiger partial charge on any atom is -0.444 e. The Bertz CT molecular complexity index is 430. The molecule has 2 N–H and O–H groups in total. The summed E-state index contributed by atoms with van der Waals surface area (Å²) in [7, 11) is 1.78. The van der Waals surface area contributed by atoms with Crippen LogP contribution in [0.3, 0.4) is 0 Å². The maximum atomic E-state index is 12.4. The van der Waals surface area contributed by atoms with Gasteiger partial charge in [0.1, 0.15) is 5.60 Å². The molecule has 1 unspecified atom stereocenters. The van der Waals surface area contributed by atoms with Crippen LogP contribution in [0.5, 0.6) is 0 Å². The molecule has 0 aromatic carbocycles. The third-order valence-corrected chi connectivity index (χ3v) is 4.75. The summed E-state index contributed by atoms with van der Waals surface area (Å²) in [6.45, 7) is 8.10. The Morgan fingerprint density at radius 1 is 1.27 bits per heavy atom. The van der Waals surface area contributed by atoms with Crippen molar-refractivity contribution in [2.75, 3.05) is 38.7 Å². The highest BCUT2D eigenvalue weighted by Crippen LogP contribution is 2.20. The summed E-state index contributed by atoms with van der Waals surface area (Å²) >= 11 is 1.88. The zero-order valence-electron chi connectivity index (χ0n) is 17.0. The Hall–Kier alpha value is -0.380. The van der Waals surface area contributed by atoms with E-state index in [4.69, 9.17) is 4.74 Å². The minimum absolute atomic E-state index is 0. The van der Waals surface area contributed by atoms with Crippen molar-refractivity contribution < 1.29 is 9.53 Å². The Morgan fingerprint density at radius 2 is 2.00 bits per heavy atom. The molecule has 0 aromatic heterocycles. The molecule has 0 saturated carbocycles. The average Bonchev–Trinajstić information content (AvgIpc) is 2.56.